The highest BCUT2D eigenvalue weighted by atomic mass is 16.2. The largest absolute Gasteiger partial charge is 0.343 e. The molecular weight excluding hydrogens is 376 g/mol. The normalized spacial score (nSPS) is 14.6. The molecule has 2 amide bonds. The Morgan fingerprint density at radius 3 is 2.37 bits per heavy atom. The number of carbonyl (C=O) groups excluding carboxylic acids is 2. The number of carbonyl (C=O) groups is 2. The van der Waals surface area contributed by atoms with Crippen LogP contribution in [0, 0.1) is 12.8 Å². The van der Waals surface area contributed by atoms with Gasteiger partial charge >= 0.3 is 0 Å². The third-order valence-corrected chi connectivity index (χ3v) is 5.80. The monoisotopic (exact) mass is 402 g/mol. The number of hydrogen-bond donors (Lipinski definition) is 1. The van der Waals surface area contributed by atoms with Gasteiger partial charge in [-0.3, -0.25) is 9.59 Å². The summed E-state index contributed by atoms with van der Waals surface area (Å²) >= 11 is 0. The number of amides is 2. The Balaban J connectivity index is 1.31. The van der Waals surface area contributed by atoms with E-state index in [4.69, 9.17) is 0 Å². The van der Waals surface area contributed by atoms with Crippen LogP contribution >= 0.6 is 0 Å². The van der Waals surface area contributed by atoms with Gasteiger partial charge in [-0.1, -0.05) is 54.6 Å². The minimum atomic E-state index is -0.120. The summed E-state index contributed by atoms with van der Waals surface area (Å²) in [7, 11) is 0. The van der Waals surface area contributed by atoms with Crippen LogP contribution < -0.4 is 5.32 Å². The number of piperidine rings is 1. The number of aryl methyl sites for hydroxylation is 2. The van der Waals surface area contributed by atoms with Crippen molar-refractivity contribution in [1.29, 1.82) is 0 Å². The molecule has 0 radical (unpaired) electrons. The number of rotatable bonds is 5. The maximum atomic E-state index is 12.8. The fourth-order valence-corrected chi connectivity index (χ4v) is 3.99. The zero-order valence-electron chi connectivity index (χ0n) is 17.2. The molecule has 0 saturated carbocycles. The molecule has 0 spiro atoms. The first kappa shape index (κ1) is 20.0. The smallest absolute Gasteiger partial charge is 0.228 e. The second-order valence-electron chi connectivity index (χ2n) is 7.81. The van der Waals surface area contributed by atoms with Gasteiger partial charge in [0.05, 0.1) is 5.69 Å². The first-order valence-corrected chi connectivity index (χ1v) is 10.5. The van der Waals surface area contributed by atoms with Gasteiger partial charge < -0.3 is 10.2 Å². The van der Waals surface area contributed by atoms with E-state index in [-0.39, 0.29) is 17.7 Å². The Morgan fingerprint density at radius 1 is 0.967 bits per heavy atom. The van der Waals surface area contributed by atoms with Crippen LogP contribution in [0.5, 0.6) is 0 Å². The summed E-state index contributed by atoms with van der Waals surface area (Å²) in [5, 5.41) is 13.2. The van der Waals surface area contributed by atoms with E-state index in [0.29, 0.717) is 38.2 Å². The first-order valence-electron chi connectivity index (χ1n) is 10.5. The fourth-order valence-electron chi connectivity index (χ4n) is 3.99. The van der Waals surface area contributed by atoms with Crippen molar-refractivity contribution in [3.05, 3.63) is 65.9 Å². The molecule has 1 fully saturated rings. The quantitative estimate of drug-likeness (QED) is 0.705. The van der Waals surface area contributed by atoms with Crippen molar-refractivity contribution in [3.8, 4) is 0 Å². The number of benzene rings is 2. The number of nitrogens with one attached hydrogen (secondary N) is 1. The van der Waals surface area contributed by atoms with E-state index in [1.807, 2.05) is 66.4 Å². The van der Waals surface area contributed by atoms with E-state index >= 15 is 0 Å². The standard InChI is InChI=1S/C24H26N4O2/c1-17-20-9-5-6-10-21(20)23(27-26-17)25-24(30)19-13-15-28(16-14-19)22(29)12-11-18-7-3-2-4-8-18/h2-10,19H,11-16H2,1H3,(H,25,27,30). The van der Waals surface area contributed by atoms with Gasteiger partial charge in [0.1, 0.15) is 0 Å². The van der Waals surface area contributed by atoms with Crippen LogP contribution in [0.25, 0.3) is 10.8 Å². The van der Waals surface area contributed by atoms with Crippen LogP contribution in [0.4, 0.5) is 5.82 Å². The number of fused-ring (bicyclic) bond motifs is 1. The third kappa shape index (κ3) is 4.48. The molecule has 2 heterocycles. The minimum absolute atomic E-state index is 0.0466. The Morgan fingerprint density at radius 2 is 1.63 bits per heavy atom. The van der Waals surface area contributed by atoms with E-state index in [2.05, 4.69) is 15.5 Å². The average Bonchev–Trinajstić information content (AvgIpc) is 2.80. The van der Waals surface area contributed by atoms with Gasteiger partial charge in [-0.2, -0.15) is 5.10 Å². The first-order chi connectivity index (χ1) is 14.6. The maximum absolute atomic E-state index is 12.8. The molecule has 6 heteroatoms. The second kappa shape index (κ2) is 9.03. The fraction of sp³-hybridized carbons (Fsp3) is 0.333. The molecule has 4 rings (SSSR count). The highest BCUT2D eigenvalue weighted by Crippen LogP contribution is 2.25. The lowest BCUT2D eigenvalue weighted by atomic mass is 9.95. The molecule has 0 bridgehead atoms. The van der Waals surface area contributed by atoms with Gasteiger partial charge in [0.15, 0.2) is 5.82 Å². The topological polar surface area (TPSA) is 75.2 Å². The van der Waals surface area contributed by atoms with Gasteiger partial charge in [-0.15, -0.1) is 5.10 Å². The van der Waals surface area contributed by atoms with Crippen molar-refractivity contribution in [1.82, 2.24) is 15.1 Å². The molecule has 0 aliphatic carbocycles. The van der Waals surface area contributed by atoms with Crippen molar-refractivity contribution in [2.45, 2.75) is 32.6 Å². The lowest BCUT2D eigenvalue weighted by Crippen LogP contribution is -2.41. The van der Waals surface area contributed by atoms with Gasteiger partial charge in [0.25, 0.3) is 0 Å². The van der Waals surface area contributed by atoms with E-state index in [9.17, 15) is 9.59 Å². The summed E-state index contributed by atoms with van der Waals surface area (Å²) < 4.78 is 0. The molecular formula is C24H26N4O2. The van der Waals surface area contributed by atoms with Crippen LogP contribution in [-0.4, -0.2) is 40.0 Å². The lowest BCUT2D eigenvalue weighted by Gasteiger charge is -2.31. The minimum Gasteiger partial charge on any atom is -0.343 e. The Kier molecular flexibility index (Phi) is 6.02. The molecule has 1 aliphatic rings. The van der Waals surface area contributed by atoms with Crippen LogP contribution in [-0.2, 0) is 16.0 Å². The van der Waals surface area contributed by atoms with Crippen molar-refractivity contribution < 1.29 is 9.59 Å². The summed E-state index contributed by atoms with van der Waals surface area (Å²) in [4.78, 5) is 27.2. The molecule has 1 N–H and O–H groups in total. The molecule has 1 aromatic heterocycles. The molecule has 0 atom stereocenters. The predicted octanol–water partition coefficient (Wildman–Crippen LogP) is 3.75. The summed E-state index contributed by atoms with van der Waals surface area (Å²) in [6.45, 7) is 3.14. The summed E-state index contributed by atoms with van der Waals surface area (Å²) in [5.41, 5.74) is 2.01. The average molecular weight is 402 g/mol. The summed E-state index contributed by atoms with van der Waals surface area (Å²) in [6.07, 6.45) is 2.59. The third-order valence-electron chi connectivity index (χ3n) is 5.80. The van der Waals surface area contributed by atoms with E-state index < -0.39 is 0 Å². The summed E-state index contributed by atoms with van der Waals surface area (Å²) in [6, 6.07) is 17.9. The Bertz CT molecular complexity index is 1040. The lowest BCUT2D eigenvalue weighted by molar-refractivity contribution is -0.134. The van der Waals surface area contributed by atoms with Gasteiger partial charge in [0, 0.05) is 36.2 Å². The Hall–Kier alpha value is -3.28. The van der Waals surface area contributed by atoms with Gasteiger partial charge in [-0.05, 0) is 31.7 Å². The molecule has 6 nitrogen and oxygen atoms in total. The van der Waals surface area contributed by atoms with Crippen LogP contribution in [0.1, 0.15) is 30.5 Å². The Labute approximate surface area is 176 Å². The van der Waals surface area contributed by atoms with E-state index in [0.717, 1.165) is 22.9 Å². The van der Waals surface area contributed by atoms with Crippen molar-refractivity contribution in [2.24, 2.45) is 5.92 Å². The van der Waals surface area contributed by atoms with E-state index in [1.54, 1.807) is 0 Å². The van der Waals surface area contributed by atoms with Gasteiger partial charge in [-0.25, -0.2) is 0 Å². The molecule has 30 heavy (non-hydrogen) atoms. The van der Waals surface area contributed by atoms with Crippen molar-refractivity contribution in [2.75, 3.05) is 18.4 Å². The predicted molar refractivity (Wildman–Crippen MR) is 117 cm³/mol. The van der Waals surface area contributed by atoms with E-state index in [1.165, 1.54) is 5.56 Å². The SMILES string of the molecule is Cc1nnc(NC(=O)C2CCN(C(=O)CCc3ccccc3)CC2)c2ccccc12. The second-order valence-corrected chi connectivity index (χ2v) is 7.81. The number of nitrogens with zero attached hydrogens (tertiary/aromatic N) is 3. The number of aromatic nitrogens is 2. The maximum Gasteiger partial charge on any atom is 0.228 e. The molecule has 0 unspecified atom stereocenters. The van der Waals surface area contributed by atoms with Crippen LogP contribution in [0.3, 0.4) is 0 Å². The molecule has 154 valence electrons. The zero-order chi connectivity index (χ0) is 20.9. The van der Waals surface area contributed by atoms with Gasteiger partial charge in [0.2, 0.25) is 11.8 Å². The summed E-state index contributed by atoms with van der Waals surface area (Å²) in [5.74, 6) is 0.496. The highest BCUT2D eigenvalue weighted by Gasteiger charge is 2.27. The molecule has 1 aliphatic heterocycles. The number of hydrogen-bond acceptors (Lipinski definition) is 4. The zero-order valence-corrected chi connectivity index (χ0v) is 17.2. The van der Waals surface area contributed by atoms with Crippen molar-refractivity contribution >= 4 is 28.4 Å². The molecule has 2 aromatic carbocycles. The van der Waals surface area contributed by atoms with Crippen molar-refractivity contribution in [3.63, 3.8) is 0 Å². The number of anilines is 1. The van der Waals surface area contributed by atoms with Crippen LogP contribution in [0.2, 0.25) is 0 Å². The number of likely N-dealkylation sites (tertiary alicyclic amines) is 1. The molecule has 3 aromatic rings. The highest BCUT2D eigenvalue weighted by molar-refractivity contribution is 6.01. The molecule has 1 saturated heterocycles. The van der Waals surface area contributed by atoms with Crippen LogP contribution in [0.15, 0.2) is 54.6 Å².